The molecule has 5 heteroatoms. The molecule has 1 N–H and O–H groups in total. The number of nitrogens with zero attached hydrogens (tertiary/aromatic N) is 1. The van der Waals surface area contributed by atoms with Gasteiger partial charge in [0.15, 0.2) is 16.6 Å². The maximum atomic E-state index is 5.76. The van der Waals surface area contributed by atoms with Crippen LogP contribution in [0.4, 0.5) is 0 Å². The smallest absolute Gasteiger partial charge is 0.231 e. The molecule has 4 nitrogen and oxygen atoms in total. The van der Waals surface area contributed by atoms with Crippen LogP contribution in [0.25, 0.3) is 0 Å². The largest absolute Gasteiger partial charge is 0.454 e. The molecule has 136 valence electrons. The monoisotopic (exact) mass is 368 g/mol. The van der Waals surface area contributed by atoms with Gasteiger partial charge in [-0.15, -0.1) is 0 Å². The maximum absolute atomic E-state index is 5.76. The number of benzene rings is 2. The van der Waals surface area contributed by atoms with Gasteiger partial charge >= 0.3 is 0 Å². The topological polar surface area (TPSA) is 33.7 Å². The minimum Gasteiger partial charge on any atom is -0.454 e. The summed E-state index contributed by atoms with van der Waals surface area (Å²) in [6, 6.07) is 17.0. The number of hydrogen-bond acceptors (Lipinski definition) is 3. The zero-order chi connectivity index (χ0) is 17.9. The highest BCUT2D eigenvalue weighted by molar-refractivity contribution is 7.80. The SMILES string of the molecule is C[C@@H](C1CC1)N(Cc1ccccc1)C(=S)NCc1ccc2c(c1)OCO2. The summed E-state index contributed by atoms with van der Waals surface area (Å²) in [5.41, 5.74) is 2.42. The highest BCUT2D eigenvalue weighted by Crippen LogP contribution is 2.36. The summed E-state index contributed by atoms with van der Waals surface area (Å²) >= 11 is 5.76. The molecule has 0 radical (unpaired) electrons. The Kier molecular flexibility index (Phi) is 4.98. The lowest BCUT2D eigenvalue weighted by molar-refractivity contribution is 0.174. The van der Waals surface area contributed by atoms with Gasteiger partial charge in [0.1, 0.15) is 0 Å². The Labute approximate surface area is 160 Å². The van der Waals surface area contributed by atoms with Crippen molar-refractivity contribution in [3.63, 3.8) is 0 Å². The van der Waals surface area contributed by atoms with Gasteiger partial charge in [0.05, 0.1) is 0 Å². The molecule has 1 heterocycles. The zero-order valence-corrected chi connectivity index (χ0v) is 15.8. The van der Waals surface area contributed by atoms with Gasteiger partial charge in [-0.05, 0) is 61.2 Å². The van der Waals surface area contributed by atoms with Crippen molar-refractivity contribution >= 4 is 17.3 Å². The Bertz CT molecular complexity index is 777. The predicted molar refractivity (Wildman–Crippen MR) is 106 cm³/mol. The van der Waals surface area contributed by atoms with Gasteiger partial charge in [-0.1, -0.05) is 36.4 Å². The molecular weight excluding hydrogens is 344 g/mol. The van der Waals surface area contributed by atoms with Crippen LogP contribution in [-0.2, 0) is 13.1 Å². The van der Waals surface area contributed by atoms with E-state index in [1.165, 1.54) is 18.4 Å². The van der Waals surface area contributed by atoms with Crippen molar-refractivity contribution in [1.29, 1.82) is 0 Å². The van der Waals surface area contributed by atoms with E-state index in [2.05, 4.69) is 47.5 Å². The number of hydrogen-bond donors (Lipinski definition) is 1. The molecule has 0 unspecified atom stereocenters. The van der Waals surface area contributed by atoms with E-state index in [9.17, 15) is 0 Å². The molecule has 0 bridgehead atoms. The van der Waals surface area contributed by atoms with Gasteiger partial charge in [-0.25, -0.2) is 0 Å². The molecular formula is C21H24N2O2S. The third kappa shape index (κ3) is 3.93. The number of fused-ring (bicyclic) bond motifs is 1. The van der Waals surface area contributed by atoms with E-state index in [-0.39, 0.29) is 0 Å². The lowest BCUT2D eigenvalue weighted by Crippen LogP contribution is -2.45. The molecule has 26 heavy (non-hydrogen) atoms. The van der Waals surface area contributed by atoms with Crippen molar-refractivity contribution in [2.75, 3.05) is 6.79 Å². The van der Waals surface area contributed by atoms with Crippen molar-refractivity contribution in [2.45, 2.75) is 38.9 Å². The van der Waals surface area contributed by atoms with Crippen LogP contribution in [0.15, 0.2) is 48.5 Å². The highest BCUT2D eigenvalue weighted by atomic mass is 32.1. The number of ether oxygens (including phenoxy) is 2. The van der Waals surface area contributed by atoms with E-state index >= 15 is 0 Å². The van der Waals surface area contributed by atoms with Crippen molar-refractivity contribution in [3.05, 3.63) is 59.7 Å². The molecule has 1 fully saturated rings. The van der Waals surface area contributed by atoms with E-state index in [1.807, 2.05) is 18.2 Å². The Balaban J connectivity index is 1.42. The van der Waals surface area contributed by atoms with Crippen LogP contribution < -0.4 is 14.8 Å². The molecule has 1 saturated carbocycles. The molecule has 1 aliphatic carbocycles. The second kappa shape index (κ2) is 7.54. The summed E-state index contributed by atoms with van der Waals surface area (Å²) in [7, 11) is 0. The summed E-state index contributed by atoms with van der Waals surface area (Å²) in [5, 5.41) is 4.25. The lowest BCUT2D eigenvalue weighted by atomic mass is 10.1. The van der Waals surface area contributed by atoms with E-state index in [0.29, 0.717) is 19.4 Å². The first-order valence-corrected chi connectivity index (χ1v) is 9.58. The molecule has 1 atom stereocenters. The highest BCUT2D eigenvalue weighted by Gasteiger charge is 2.33. The molecule has 2 aromatic rings. The van der Waals surface area contributed by atoms with E-state index in [0.717, 1.165) is 34.6 Å². The fraction of sp³-hybridized carbons (Fsp3) is 0.381. The molecule has 2 aliphatic rings. The summed E-state index contributed by atoms with van der Waals surface area (Å²) in [4.78, 5) is 2.33. The van der Waals surface area contributed by atoms with Crippen molar-refractivity contribution < 1.29 is 9.47 Å². The Morgan fingerprint density at radius 3 is 2.65 bits per heavy atom. The van der Waals surface area contributed by atoms with Crippen molar-refractivity contribution in [1.82, 2.24) is 10.2 Å². The number of nitrogens with one attached hydrogen (secondary N) is 1. The van der Waals surface area contributed by atoms with Crippen LogP contribution in [0.2, 0.25) is 0 Å². The standard InChI is InChI=1S/C21H24N2O2S/c1-15(18-8-9-18)23(13-16-5-3-2-4-6-16)21(26)22-12-17-7-10-19-20(11-17)25-14-24-19/h2-7,10-11,15,18H,8-9,12-14H2,1H3,(H,22,26)/t15-/m0/s1. The molecule has 0 spiro atoms. The molecule has 4 rings (SSSR count). The summed E-state index contributed by atoms with van der Waals surface area (Å²) in [6.45, 7) is 4.10. The summed E-state index contributed by atoms with van der Waals surface area (Å²) < 4.78 is 10.8. The molecule has 2 aromatic carbocycles. The Morgan fingerprint density at radius 2 is 1.88 bits per heavy atom. The quantitative estimate of drug-likeness (QED) is 0.777. The predicted octanol–water partition coefficient (Wildman–Crippen LogP) is 4.09. The minimum atomic E-state index is 0.300. The van der Waals surface area contributed by atoms with Crippen LogP contribution >= 0.6 is 12.2 Å². The van der Waals surface area contributed by atoms with E-state index in [4.69, 9.17) is 21.7 Å². The average molecular weight is 369 g/mol. The van der Waals surface area contributed by atoms with Gasteiger partial charge in [0.25, 0.3) is 0 Å². The lowest BCUT2D eigenvalue weighted by Gasteiger charge is -2.32. The van der Waals surface area contributed by atoms with E-state index < -0.39 is 0 Å². The zero-order valence-electron chi connectivity index (χ0n) is 15.0. The van der Waals surface area contributed by atoms with Crippen LogP contribution in [0.5, 0.6) is 11.5 Å². The van der Waals surface area contributed by atoms with Crippen LogP contribution in [0.1, 0.15) is 30.9 Å². The molecule has 1 aliphatic heterocycles. The van der Waals surface area contributed by atoms with Crippen molar-refractivity contribution in [3.8, 4) is 11.5 Å². The van der Waals surface area contributed by atoms with Crippen molar-refractivity contribution in [2.24, 2.45) is 5.92 Å². The Hall–Kier alpha value is -2.27. The number of thiocarbonyl (C=S) groups is 1. The fourth-order valence-electron chi connectivity index (χ4n) is 3.34. The molecule has 0 aromatic heterocycles. The second-order valence-electron chi connectivity index (χ2n) is 7.04. The van der Waals surface area contributed by atoms with Gasteiger partial charge < -0.3 is 19.7 Å². The average Bonchev–Trinajstić information content (AvgIpc) is 3.42. The van der Waals surface area contributed by atoms with Crippen LogP contribution in [0.3, 0.4) is 0 Å². The van der Waals surface area contributed by atoms with Crippen LogP contribution in [-0.4, -0.2) is 22.8 Å². The third-order valence-electron chi connectivity index (χ3n) is 5.13. The fourth-order valence-corrected chi connectivity index (χ4v) is 3.65. The van der Waals surface area contributed by atoms with E-state index in [1.54, 1.807) is 0 Å². The minimum absolute atomic E-state index is 0.300. The van der Waals surface area contributed by atoms with Gasteiger partial charge in [-0.3, -0.25) is 0 Å². The second-order valence-corrected chi connectivity index (χ2v) is 7.42. The normalized spacial score (nSPS) is 16.2. The first-order valence-electron chi connectivity index (χ1n) is 9.17. The first-order chi connectivity index (χ1) is 12.7. The van der Waals surface area contributed by atoms with Gasteiger partial charge in [0, 0.05) is 19.1 Å². The Morgan fingerprint density at radius 1 is 1.12 bits per heavy atom. The van der Waals surface area contributed by atoms with Crippen LogP contribution in [0, 0.1) is 5.92 Å². The maximum Gasteiger partial charge on any atom is 0.231 e. The third-order valence-corrected chi connectivity index (χ3v) is 5.51. The van der Waals surface area contributed by atoms with Gasteiger partial charge in [0.2, 0.25) is 6.79 Å². The number of rotatable bonds is 6. The summed E-state index contributed by atoms with van der Waals surface area (Å²) in [5.74, 6) is 2.37. The molecule has 0 saturated heterocycles. The first kappa shape index (κ1) is 17.2. The summed E-state index contributed by atoms with van der Waals surface area (Å²) in [6.07, 6.45) is 2.61. The molecule has 0 amide bonds. The van der Waals surface area contributed by atoms with Gasteiger partial charge in [-0.2, -0.15) is 0 Å².